The molecule has 2 N–H and O–H groups in total. The van der Waals surface area contributed by atoms with Crippen LogP contribution in [0.2, 0.25) is 0 Å². The van der Waals surface area contributed by atoms with Gasteiger partial charge in [0.1, 0.15) is 0 Å². The lowest BCUT2D eigenvalue weighted by atomic mass is 9.99. The number of imidazole rings is 1. The maximum Gasteiger partial charge on any atom is 0.195 e. The second-order valence-electron chi connectivity index (χ2n) is 6.06. The van der Waals surface area contributed by atoms with Crippen LogP contribution >= 0.6 is 11.3 Å². The number of thiazole rings is 1. The van der Waals surface area contributed by atoms with E-state index in [0.29, 0.717) is 6.04 Å². The Morgan fingerprint density at radius 2 is 2.29 bits per heavy atom. The molecule has 0 saturated carbocycles. The second-order valence-corrected chi connectivity index (χ2v) is 6.93. The fraction of sp³-hybridized carbons (Fsp3) is 0.688. The molecule has 0 aromatic carbocycles. The van der Waals surface area contributed by atoms with Gasteiger partial charge in [-0.15, -0.1) is 11.3 Å². The first kappa shape index (κ1) is 14.9. The predicted octanol–water partition coefficient (Wildman–Crippen LogP) is 3.44. The van der Waals surface area contributed by atoms with Gasteiger partial charge in [-0.2, -0.15) is 0 Å². The van der Waals surface area contributed by atoms with Crippen molar-refractivity contribution in [1.29, 1.82) is 0 Å². The van der Waals surface area contributed by atoms with Crippen LogP contribution in [0.25, 0.3) is 4.96 Å². The van der Waals surface area contributed by atoms with Crippen molar-refractivity contribution in [1.82, 2.24) is 9.38 Å². The van der Waals surface area contributed by atoms with E-state index in [9.17, 15) is 0 Å². The van der Waals surface area contributed by atoms with Crippen molar-refractivity contribution in [3.05, 3.63) is 17.3 Å². The number of hydrogen-bond donors (Lipinski definition) is 1. The normalized spacial score (nSPS) is 21.1. The van der Waals surface area contributed by atoms with Crippen molar-refractivity contribution in [2.45, 2.75) is 64.5 Å². The van der Waals surface area contributed by atoms with Gasteiger partial charge in [0.15, 0.2) is 10.8 Å². The van der Waals surface area contributed by atoms with Gasteiger partial charge in [-0.05, 0) is 32.1 Å². The molecule has 0 aliphatic carbocycles. The number of piperidine rings is 1. The number of fused-ring (bicyclic) bond motifs is 1. The van der Waals surface area contributed by atoms with Gasteiger partial charge < -0.3 is 10.6 Å². The summed E-state index contributed by atoms with van der Waals surface area (Å²) < 4.78 is 2.25. The van der Waals surface area contributed by atoms with E-state index in [-0.39, 0.29) is 6.04 Å². The van der Waals surface area contributed by atoms with Crippen LogP contribution in [0.15, 0.2) is 11.6 Å². The highest BCUT2D eigenvalue weighted by Crippen LogP contribution is 2.31. The van der Waals surface area contributed by atoms with Crippen LogP contribution in [-0.4, -0.2) is 28.0 Å². The minimum atomic E-state index is 0.216. The molecule has 2 unspecified atom stereocenters. The molecule has 0 spiro atoms. The third-order valence-corrected chi connectivity index (χ3v) is 5.45. The minimum Gasteiger partial charge on any atom is -0.352 e. The lowest BCUT2D eigenvalue weighted by molar-refractivity contribution is 0.445. The highest BCUT2D eigenvalue weighted by Gasteiger charge is 2.27. The fourth-order valence-electron chi connectivity index (χ4n) is 3.34. The van der Waals surface area contributed by atoms with E-state index in [2.05, 4.69) is 34.7 Å². The monoisotopic (exact) mass is 306 g/mol. The molecular weight excluding hydrogens is 280 g/mol. The third-order valence-electron chi connectivity index (χ3n) is 4.69. The molecule has 0 radical (unpaired) electrons. The van der Waals surface area contributed by atoms with E-state index >= 15 is 0 Å². The molecule has 0 amide bonds. The largest absolute Gasteiger partial charge is 0.352 e. The highest BCUT2D eigenvalue weighted by atomic mass is 32.1. The number of aromatic nitrogens is 2. The van der Waals surface area contributed by atoms with Crippen molar-refractivity contribution in [3.63, 3.8) is 0 Å². The maximum absolute atomic E-state index is 6.23. The molecule has 1 fully saturated rings. The molecular formula is C16H26N4S. The Hall–Kier alpha value is -1.07. The lowest BCUT2D eigenvalue weighted by Crippen LogP contribution is -2.40. The summed E-state index contributed by atoms with van der Waals surface area (Å²) >= 11 is 1.71. The minimum absolute atomic E-state index is 0.216. The average Bonchev–Trinajstić information content (AvgIpc) is 3.09. The summed E-state index contributed by atoms with van der Waals surface area (Å²) in [5.41, 5.74) is 7.54. The smallest absolute Gasteiger partial charge is 0.195 e. The van der Waals surface area contributed by atoms with E-state index in [1.807, 2.05) is 0 Å². The second kappa shape index (κ2) is 6.36. The molecule has 1 aliphatic heterocycles. The van der Waals surface area contributed by atoms with E-state index in [1.54, 1.807) is 11.3 Å². The zero-order valence-electron chi connectivity index (χ0n) is 13.1. The van der Waals surface area contributed by atoms with Crippen LogP contribution in [0.4, 0.5) is 5.82 Å². The Labute approximate surface area is 131 Å². The van der Waals surface area contributed by atoms with Gasteiger partial charge in [-0.25, -0.2) is 4.98 Å². The Kier molecular flexibility index (Phi) is 4.50. The summed E-state index contributed by atoms with van der Waals surface area (Å²) in [6, 6.07) is 0.855. The number of nitrogens with zero attached hydrogens (tertiary/aromatic N) is 3. The first-order valence-electron chi connectivity index (χ1n) is 8.21. The summed E-state index contributed by atoms with van der Waals surface area (Å²) in [7, 11) is 0. The topological polar surface area (TPSA) is 46.6 Å². The summed E-state index contributed by atoms with van der Waals surface area (Å²) in [5.74, 6) is 1.19. The number of nitrogens with two attached hydrogens (primary N) is 1. The summed E-state index contributed by atoms with van der Waals surface area (Å²) in [6.07, 6.45) is 9.18. The van der Waals surface area contributed by atoms with E-state index in [4.69, 9.17) is 10.7 Å². The molecule has 116 valence electrons. The predicted molar refractivity (Wildman–Crippen MR) is 90.3 cm³/mol. The highest BCUT2D eigenvalue weighted by molar-refractivity contribution is 7.15. The molecule has 21 heavy (non-hydrogen) atoms. The van der Waals surface area contributed by atoms with Crippen molar-refractivity contribution < 1.29 is 0 Å². The molecule has 2 atom stereocenters. The SMILES string of the molecule is CCC(N)Cc1c(N2CCCCC2CC)nc2sccn12. The average molecular weight is 306 g/mol. The first-order valence-corrected chi connectivity index (χ1v) is 9.09. The Balaban J connectivity index is 1.99. The Morgan fingerprint density at radius 1 is 1.43 bits per heavy atom. The number of anilines is 1. The van der Waals surface area contributed by atoms with E-state index in [1.165, 1.54) is 37.2 Å². The van der Waals surface area contributed by atoms with Crippen molar-refractivity contribution in [2.24, 2.45) is 5.73 Å². The summed E-state index contributed by atoms with van der Waals surface area (Å²) in [6.45, 7) is 5.59. The molecule has 1 saturated heterocycles. The Morgan fingerprint density at radius 3 is 3.05 bits per heavy atom. The van der Waals surface area contributed by atoms with Crippen molar-refractivity contribution in [3.8, 4) is 0 Å². The first-order chi connectivity index (χ1) is 10.2. The van der Waals surface area contributed by atoms with Crippen LogP contribution in [0, 0.1) is 0 Å². The van der Waals surface area contributed by atoms with Crippen LogP contribution < -0.4 is 10.6 Å². The van der Waals surface area contributed by atoms with Gasteiger partial charge in [0, 0.05) is 36.6 Å². The number of hydrogen-bond acceptors (Lipinski definition) is 4. The van der Waals surface area contributed by atoms with E-state index < -0.39 is 0 Å². The van der Waals surface area contributed by atoms with Crippen LogP contribution in [0.1, 0.15) is 51.6 Å². The number of rotatable bonds is 5. The summed E-state index contributed by atoms with van der Waals surface area (Å²) in [5, 5.41) is 2.11. The maximum atomic E-state index is 6.23. The molecule has 5 heteroatoms. The van der Waals surface area contributed by atoms with Crippen LogP contribution in [-0.2, 0) is 6.42 Å². The van der Waals surface area contributed by atoms with Crippen LogP contribution in [0.3, 0.4) is 0 Å². The molecule has 3 heterocycles. The van der Waals surface area contributed by atoms with Gasteiger partial charge in [0.05, 0.1) is 5.69 Å². The van der Waals surface area contributed by atoms with Crippen molar-refractivity contribution >= 4 is 22.1 Å². The van der Waals surface area contributed by atoms with Crippen LogP contribution in [0.5, 0.6) is 0 Å². The summed E-state index contributed by atoms with van der Waals surface area (Å²) in [4.78, 5) is 8.58. The Bertz CT molecular complexity index is 588. The van der Waals surface area contributed by atoms with E-state index in [0.717, 1.165) is 24.3 Å². The van der Waals surface area contributed by atoms with Crippen molar-refractivity contribution in [2.75, 3.05) is 11.4 Å². The molecule has 0 bridgehead atoms. The van der Waals surface area contributed by atoms with Gasteiger partial charge >= 0.3 is 0 Å². The molecule has 2 aromatic rings. The molecule has 4 nitrogen and oxygen atoms in total. The fourth-order valence-corrected chi connectivity index (χ4v) is 4.07. The quantitative estimate of drug-likeness (QED) is 0.920. The standard InChI is InChI=1S/C16H26N4S/c1-3-12(17)11-14-15(18-16-20(14)9-10-21-16)19-8-6-5-7-13(19)4-2/h9-10,12-13H,3-8,11,17H2,1-2H3. The lowest BCUT2D eigenvalue weighted by Gasteiger charge is -2.36. The third kappa shape index (κ3) is 2.81. The van der Waals surface area contributed by atoms with Gasteiger partial charge in [-0.1, -0.05) is 13.8 Å². The zero-order chi connectivity index (χ0) is 14.8. The van der Waals surface area contributed by atoms with Gasteiger partial charge in [0.2, 0.25) is 0 Å². The molecule has 3 rings (SSSR count). The zero-order valence-corrected chi connectivity index (χ0v) is 13.9. The van der Waals surface area contributed by atoms with Gasteiger partial charge in [-0.3, -0.25) is 4.40 Å². The molecule has 2 aromatic heterocycles. The molecule has 1 aliphatic rings. The van der Waals surface area contributed by atoms with Gasteiger partial charge in [0.25, 0.3) is 0 Å².